The summed E-state index contributed by atoms with van der Waals surface area (Å²) in [6.07, 6.45) is 2.19. The molecule has 0 aliphatic heterocycles. The van der Waals surface area contributed by atoms with Crippen molar-refractivity contribution in [2.24, 2.45) is 5.73 Å². The molecular weight excluding hydrogens is 272 g/mol. The number of para-hydroxylation sites is 1. The van der Waals surface area contributed by atoms with Crippen molar-refractivity contribution in [3.63, 3.8) is 0 Å². The lowest BCUT2D eigenvalue weighted by molar-refractivity contribution is -0.116. The molecule has 6 heteroatoms. The Balaban J connectivity index is 1.96. The highest BCUT2D eigenvalue weighted by Crippen LogP contribution is 2.15. The molecule has 0 aliphatic rings. The summed E-state index contributed by atoms with van der Waals surface area (Å²) in [5.74, 6) is -0.0955. The van der Waals surface area contributed by atoms with Crippen LogP contribution in [0.15, 0.2) is 36.5 Å². The Bertz CT molecular complexity index is 636. The molecule has 1 aromatic heterocycles. The zero-order valence-corrected chi connectivity index (χ0v) is 12.0. The summed E-state index contributed by atoms with van der Waals surface area (Å²) < 4.78 is 1.74. The maximum absolute atomic E-state index is 11.9. The van der Waals surface area contributed by atoms with E-state index in [0.717, 1.165) is 5.69 Å². The lowest BCUT2D eigenvalue weighted by atomic mass is 10.1. The number of hydrogen-bond acceptors (Lipinski definition) is 3. The third-order valence-corrected chi connectivity index (χ3v) is 3.03. The van der Waals surface area contributed by atoms with Crippen molar-refractivity contribution in [3.8, 4) is 0 Å². The summed E-state index contributed by atoms with van der Waals surface area (Å²) in [6.45, 7) is 2.45. The van der Waals surface area contributed by atoms with Crippen molar-refractivity contribution in [2.75, 3.05) is 5.32 Å². The predicted octanol–water partition coefficient (Wildman–Crippen LogP) is 1.85. The minimum Gasteiger partial charge on any atom is -0.389 e. The number of thiocarbonyl (C=S) groups is 1. The second kappa shape index (κ2) is 6.29. The number of anilines is 1. The molecule has 1 heterocycles. The predicted molar refractivity (Wildman–Crippen MR) is 82.5 cm³/mol. The van der Waals surface area contributed by atoms with Crippen LogP contribution in [0.2, 0.25) is 0 Å². The number of carbonyl (C=O) groups excluding carboxylic acids is 1. The highest BCUT2D eigenvalue weighted by molar-refractivity contribution is 7.80. The first kappa shape index (κ1) is 14.2. The fourth-order valence-corrected chi connectivity index (χ4v) is 2.00. The van der Waals surface area contributed by atoms with Crippen molar-refractivity contribution in [3.05, 3.63) is 47.8 Å². The quantitative estimate of drug-likeness (QED) is 0.824. The van der Waals surface area contributed by atoms with Gasteiger partial charge in [0.15, 0.2) is 0 Å². The van der Waals surface area contributed by atoms with Crippen molar-refractivity contribution >= 4 is 28.8 Å². The highest BCUT2D eigenvalue weighted by atomic mass is 32.1. The first-order valence-electron chi connectivity index (χ1n) is 6.25. The van der Waals surface area contributed by atoms with Gasteiger partial charge in [0.25, 0.3) is 0 Å². The molecule has 1 aromatic carbocycles. The number of aromatic nitrogens is 2. The smallest absolute Gasteiger partial charge is 0.226 e. The van der Waals surface area contributed by atoms with Gasteiger partial charge in [-0.15, -0.1) is 0 Å². The van der Waals surface area contributed by atoms with Crippen LogP contribution < -0.4 is 11.1 Å². The van der Waals surface area contributed by atoms with E-state index in [1.165, 1.54) is 0 Å². The number of amides is 1. The fourth-order valence-electron chi connectivity index (χ4n) is 1.82. The normalized spacial score (nSPS) is 10.2. The van der Waals surface area contributed by atoms with Crippen LogP contribution in [-0.4, -0.2) is 20.7 Å². The molecule has 0 aliphatic carbocycles. The summed E-state index contributed by atoms with van der Waals surface area (Å²) in [4.78, 5) is 12.2. The summed E-state index contributed by atoms with van der Waals surface area (Å²) in [5, 5.41) is 7.05. The van der Waals surface area contributed by atoms with Gasteiger partial charge in [0.05, 0.1) is 11.4 Å². The Morgan fingerprint density at radius 2 is 2.15 bits per heavy atom. The number of nitrogens with one attached hydrogen (secondary N) is 1. The number of nitrogens with zero attached hydrogens (tertiary/aromatic N) is 2. The van der Waals surface area contributed by atoms with Crippen molar-refractivity contribution in [2.45, 2.75) is 19.9 Å². The van der Waals surface area contributed by atoms with Gasteiger partial charge in [-0.25, -0.2) is 0 Å². The molecular formula is C14H16N4OS. The second-order valence-electron chi connectivity index (χ2n) is 4.43. The van der Waals surface area contributed by atoms with Crippen LogP contribution in [0.25, 0.3) is 0 Å². The monoisotopic (exact) mass is 288 g/mol. The molecule has 2 rings (SSSR count). The Morgan fingerprint density at radius 1 is 1.40 bits per heavy atom. The molecule has 0 saturated carbocycles. The van der Waals surface area contributed by atoms with Gasteiger partial charge in [-0.05, 0) is 25.1 Å². The van der Waals surface area contributed by atoms with E-state index < -0.39 is 0 Å². The Labute approximate surface area is 122 Å². The van der Waals surface area contributed by atoms with Gasteiger partial charge in [0.1, 0.15) is 4.99 Å². The van der Waals surface area contributed by atoms with Gasteiger partial charge < -0.3 is 11.1 Å². The van der Waals surface area contributed by atoms with Crippen molar-refractivity contribution in [1.82, 2.24) is 9.78 Å². The van der Waals surface area contributed by atoms with Crippen LogP contribution in [0.1, 0.15) is 17.7 Å². The van der Waals surface area contributed by atoms with Crippen LogP contribution in [0.4, 0.5) is 5.69 Å². The molecule has 104 valence electrons. The Hall–Kier alpha value is -2.21. The van der Waals surface area contributed by atoms with Crippen LogP contribution in [0.3, 0.4) is 0 Å². The average molecular weight is 288 g/mol. The van der Waals surface area contributed by atoms with Crippen LogP contribution >= 0.6 is 12.2 Å². The summed E-state index contributed by atoms with van der Waals surface area (Å²) >= 11 is 4.96. The largest absolute Gasteiger partial charge is 0.389 e. The third kappa shape index (κ3) is 3.64. The van der Waals surface area contributed by atoms with E-state index in [2.05, 4.69) is 10.4 Å². The van der Waals surface area contributed by atoms with Gasteiger partial charge in [0, 0.05) is 24.7 Å². The van der Waals surface area contributed by atoms with Gasteiger partial charge in [-0.2, -0.15) is 5.10 Å². The van der Waals surface area contributed by atoms with E-state index in [1.807, 2.05) is 31.3 Å². The molecule has 0 radical (unpaired) electrons. The molecule has 2 aromatic rings. The van der Waals surface area contributed by atoms with E-state index in [9.17, 15) is 4.79 Å². The van der Waals surface area contributed by atoms with Gasteiger partial charge in [0.2, 0.25) is 5.91 Å². The lowest BCUT2D eigenvalue weighted by Gasteiger charge is -2.09. The second-order valence-corrected chi connectivity index (χ2v) is 4.87. The first-order chi connectivity index (χ1) is 9.56. The number of hydrogen-bond donors (Lipinski definition) is 2. The maximum Gasteiger partial charge on any atom is 0.226 e. The maximum atomic E-state index is 11.9. The van der Waals surface area contributed by atoms with E-state index in [4.69, 9.17) is 18.0 Å². The standard InChI is InChI=1S/C14H16N4OS/c1-10-6-8-18(17-10)9-7-13(19)16-12-5-3-2-4-11(12)14(15)20/h2-6,8H,7,9H2,1H3,(H2,15,20)(H,16,19). The molecule has 0 saturated heterocycles. The Kier molecular flexibility index (Phi) is 4.47. The molecule has 3 N–H and O–H groups in total. The average Bonchev–Trinajstić information content (AvgIpc) is 2.83. The topological polar surface area (TPSA) is 72.9 Å². The van der Waals surface area contributed by atoms with Gasteiger partial charge in [-0.1, -0.05) is 24.4 Å². The van der Waals surface area contributed by atoms with Crippen LogP contribution in [0, 0.1) is 6.92 Å². The first-order valence-corrected chi connectivity index (χ1v) is 6.66. The van der Waals surface area contributed by atoms with E-state index in [-0.39, 0.29) is 10.9 Å². The molecule has 0 bridgehead atoms. The highest BCUT2D eigenvalue weighted by Gasteiger charge is 2.08. The minimum absolute atomic E-state index is 0.0955. The fraction of sp³-hybridized carbons (Fsp3) is 0.214. The summed E-state index contributed by atoms with van der Waals surface area (Å²) in [7, 11) is 0. The van der Waals surface area contributed by atoms with Gasteiger partial charge >= 0.3 is 0 Å². The molecule has 0 atom stereocenters. The SMILES string of the molecule is Cc1ccn(CCC(=O)Nc2ccccc2C(N)=S)n1. The molecule has 5 nitrogen and oxygen atoms in total. The van der Waals surface area contributed by atoms with E-state index >= 15 is 0 Å². The number of nitrogens with two attached hydrogens (primary N) is 1. The van der Waals surface area contributed by atoms with Gasteiger partial charge in [-0.3, -0.25) is 9.48 Å². The Morgan fingerprint density at radius 3 is 2.80 bits per heavy atom. The number of benzene rings is 1. The van der Waals surface area contributed by atoms with Crippen molar-refractivity contribution in [1.29, 1.82) is 0 Å². The van der Waals surface area contributed by atoms with E-state index in [1.54, 1.807) is 16.8 Å². The van der Waals surface area contributed by atoms with E-state index in [0.29, 0.717) is 24.2 Å². The minimum atomic E-state index is -0.0955. The molecule has 0 spiro atoms. The molecule has 1 amide bonds. The summed E-state index contributed by atoms with van der Waals surface area (Å²) in [6, 6.07) is 9.13. The molecule has 0 unspecified atom stereocenters. The zero-order chi connectivity index (χ0) is 14.5. The van der Waals surface area contributed by atoms with Crippen molar-refractivity contribution < 1.29 is 4.79 Å². The van der Waals surface area contributed by atoms with Crippen LogP contribution in [0.5, 0.6) is 0 Å². The number of aryl methyl sites for hydroxylation is 2. The number of carbonyl (C=O) groups is 1. The molecule has 20 heavy (non-hydrogen) atoms. The lowest BCUT2D eigenvalue weighted by Crippen LogP contribution is -2.18. The van der Waals surface area contributed by atoms with Crippen LogP contribution in [-0.2, 0) is 11.3 Å². The third-order valence-electron chi connectivity index (χ3n) is 2.81. The zero-order valence-electron chi connectivity index (χ0n) is 11.2. The number of rotatable bonds is 5. The summed E-state index contributed by atoms with van der Waals surface area (Å²) in [5.41, 5.74) is 7.87. The molecule has 0 fully saturated rings.